The molecular weight excluding hydrogens is 277 g/mol. The van der Waals surface area contributed by atoms with Crippen LogP contribution in [0, 0.1) is 0 Å². The Morgan fingerprint density at radius 3 is 2.07 bits per heavy atom. The van der Waals surface area contributed by atoms with Crippen molar-refractivity contribution >= 4 is 33.6 Å². The van der Waals surface area contributed by atoms with Gasteiger partial charge in [-0.1, -0.05) is 11.4 Å². The maximum absolute atomic E-state index is 11.2. The van der Waals surface area contributed by atoms with E-state index in [-0.39, 0.29) is 0 Å². The average molecular weight is 284 g/mol. The third-order valence-electron chi connectivity index (χ3n) is 1.13. The number of hydrogen-bond acceptors (Lipinski definition) is 6. The highest BCUT2D eigenvalue weighted by Gasteiger charge is 2.55. The predicted octanol–water partition coefficient (Wildman–Crippen LogP) is 1.50. The van der Waals surface area contributed by atoms with E-state index < -0.39 is 27.2 Å². The van der Waals surface area contributed by atoms with Crippen LogP contribution in [0.2, 0.25) is 0 Å². The van der Waals surface area contributed by atoms with E-state index in [0.29, 0.717) is 0 Å². The minimum atomic E-state index is -5.13. The fourth-order valence-electron chi connectivity index (χ4n) is 0.564. The number of phosphoric acid groups is 2. The molecule has 1 aliphatic rings. The Balaban J connectivity index is 2.65. The van der Waals surface area contributed by atoms with Gasteiger partial charge in [0.15, 0.2) is 0 Å². The van der Waals surface area contributed by atoms with Crippen molar-refractivity contribution < 1.29 is 37.0 Å². The molecular formula is C2H7O8P3S. The Labute approximate surface area is 83.1 Å². The lowest BCUT2D eigenvalue weighted by Gasteiger charge is -2.10. The van der Waals surface area contributed by atoms with Gasteiger partial charge in [0.25, 0.3) is 6.57 Å². The first-order valence-corrected chi connectivity index (χ1v) is 9.34. The van der Waals surface area contributed by atoms with Gasteiger partial charge in [0, 0.05) is 0 Å². The summed E-state index contributed by atoms with van der Waals surface area (Å²) < 4.78 is 39.9. The van der Waals surface area contributed by atoms with Crippen molar-refractivity contribution in [3.05, 3.63) is 0 Å². The van der Waals surface area contributed by atoms with Crippen molar-refractivity contribution in [3.8, 4) is 0 Å². The lowest BCUT2D eigenvalue weighted by atomic mass is 11.0. The summed E-state index contributed by atoms with van der Waals surface area (Å²) in [5.41, 5.74) is 0. The average Bonchev–Trinajstić information content (AvgIpc) is 2.28. The summed E-state index contributed by atoms with van der Waals surface area (Å²) in [6.07, 6.45) is 0. The van der Waals surface area contributed by atoms with Crippen LogP contribution in [0.5, 0.6) is 0 Å². The molecule has 1 saturated heterocycles. The zero-order chi connectivity index (χ0) is 11.2. The molecule has 0 aromatic carbocycles. The van der Waals surface area contributed by atoms with Gasteiger partial charge in [-0.2, -0.15) is 4.31 Å². The highest BCUT2D eigenvalue weighted by atomic mass is 32.8. The summed E-state index contributed by atoms with van der Waals surface area (Å²) in [6, 6.07) is 0. The van der Waals surface area contributed by atoms with Gasteiger partial charge in [0.2, 0.25) is 0 Å². The minimum absolute atomic E-state index is 0.455. The molecule has 0 amide bonds. The SMILES string of the molecule is CC1SP1(=O)OP(=O)(O)OP(=O)(O)O. The molecule has 0 saturated carbocycles. The molecule has 12 heteroatoms. The van der Waals surface area contributed by atoms with Crippen molar-refractivity contribution in [1.29, 1.82) is 0 Å². The molecule has 1 rings (SSSR count). The van der Waals surface area contributed by atoms with Crippen molar-refractivity contribution in [2.45, 2.75) is 11.9 Å². The Hall–Kier alpha value is 0.840. The van der Waals surface area contributed by atoms with Crippen LogP contribution < -0.4 is 0 Å². The molecule has 0 aliphatic carbocycles. The van der Waals surface area contributed by atoms with Crippen molar-refractivity contribution in [1.82, 2.24) is 0 Å². The molecule has 3 N–H and O–H groups in total. The van der Waals surface area contributed by atoms with Gasteiger partial charge >= 0.3 is 15.6 Å². The summed E-state index contributed by atoms with van der Waals surface area (Å²) >= 11 is 0.815. The predicted molar refractivity (Wildman–Crippen MR) is 48.7 cm³/mol. The first-order chi connectivity index (χ1) is 6.04. The van der Waals surface area contributed by atoms with Gasteiger partial charge < -0.3 is 14.7 Å². The van der Waals surface area contributed by atoms with Crippen LogP contribution in [-0.2, 0) is 22.3 Å². The Morgan fingerprint density at radius 1 is 1.36 bits per heavy atom. The molecule has 0 aromatic rings. The van der Waals surface area contributed by atoms with E-state index in [1.165, 1.54) is 6.92 Å². The summed E-state index contributed by atoms with van der Waals surface area (Å²) in [7, 11) is -10.1. The Bertz CT molecular complexity index is 371. The first-order valence-electron chi connectivity index (χ1n) is 3.13. The van der Waals surface area contributed by atoms with Crippen molar-refractivity contribution in [3.63, 3.8) is 0 Å². The molecule has 3 unspecified atom stereocenters. The molecule has 3 atom stereocenters. The second-order valence-electron chi connectivity index (χ2n) is 2.37. The maximum Gasteiger partial charge on any atom is 0.487 e. The van der Waals surface area contributed by atoms with Crippen LogP contribution in [0.25, 0.3) is 0 Å². The Morgan fingerprint density at radius 2 is 1.79 bits per heavy atom. The molecule has 1 aliphatic heterocycles. The smallest absolute Gasteiger partial charge is 0.302 e. The van der Waals surface area contributed by atoms with Gasteiger partial charge in [0.1, 0.15) is 0 Å². The largest absolute Gasteiger partial charge is 0.487 e. The molecule has 14 heavy (non-hydrogen) atoms. The summed E-state index contributed by atoms with van der Waals surface area (Å²) in [5.74, 6) is 0. The van der Waals surface area contributed by atoms with Gasteiger partial charge in [-0.15, -0.1) is 0 Å². The lowest BCUT2D eigenvalue weighted by molar-refractivity contribution is 0.232. The lowest BCUT2D eigenvalue weighted by Crippen LogP contribution is -1.88. The normalized spacial score (nSPS) is 36.4. The number of rotatable bonds is 4. The molecule has 8 nitrogen and oxygen atoms in total. The quantitative estimate of drug-likeness (QED) is 0.519. The zero-order valence-electron chi connectivity index (χ0n) is 6.71. The third kappa shape index (κ3) is 3.77. The summed E-state index contributed by atoms with van der Waals surface area (Å²) in [4.78, 5) is 24.8. The third-order valence-corrected chi connectivity index (χ3v) is 9.47. The molecule has 1 heterocycles. The Kier molecular flexibility index (Phi) is 3.41. The monoisotopic (exact) mass is 284 g/mol. The minimum Gasteiger partial charge on any atom is -0.302 e. The van der Waals surface area contributed by atoms with Crippen LogP contribution in [-0.4, -0.2) is 19.7 Å². The fraction of sp³-hybridized carbons (Fsp3) is 1.00. The fourth-order valence-corrected chi connectivity index (χ4v) is 7.49. The zero-order valence-corrected chi connectivity index (χ0v) is 10.2. The van der Waals surface area contributed by atoms with E-state index in [0.717, 1.165) is 11.4 Å². The molecule has 0 spiro atoms. The van der Waals surface area contributed by atoms with Gasteiger partial charge in [-0.25, -0.2) is 13.4 Å². The van der Waals surface area contributed by atoms with E-state index in [1.807, 2.05) is 0 Å². The van der Waals surface area contributed by atoms with Crippen molar-refractivity contribution in [2.24, 2.45) is 0 Å². The summed E-state index contributed by atoms with van der Waals surface area (Å²) in [6.45, 7) is -1.79. The van der Waals surface area contributed by atoms with Gasteiger partial charge in [0.05, 0.1) is 4.99 Å². The van der Waals surface area contributed by atoms with Crippen LogP contribution >= 0.6 is 33.6 Å². The number of hydrogen-bond donors (Lipinski definition) is 3. The van der Waals surface area contributed by atoms with E-state index >= 15 is 0 Å². The van der Waals surface area contributed by atoms with Gasteiger partial charge in [-0.05, 0) is 6.92 Å². The topological polar surface area (TPSA) is 130 Å². The van der Waals surface area contributed by atoms with E-state index in [4.69, 9.17) is 14.7 Å². The molecule has 84 valence electrons. The summed E-state index contributed by atoms with van der Waals surface area (Å²) in [5, 5.41) is 0. The van der Waals surface area contributed by atoms with Crippen LogP contribution in [0.15, 0.2) is 0 Å². The van der Waals surface area contributed by atoms with E-state index in [9.17, 15) is 13.7 Å². The molecule has 0 radical (unpaired) electrons. The highest BCUT2D eigenvalue weighted by molar-refractivity contribution is 8.72. The van der Waals surface area contributed by atoms with Crippen molar-refractivity contribution in [2.75, 3.05) is 0 Å². The van der Waals surface area contributed by atoms with Gasteiger partial charge in [-0.3, -0.25) is 4.57 Å². The van der Waals surface area contributed by atoms with Crippen LogP contribution in [0.1, 0.15) is 6.92 Å². The second-order valence-corrected chi connectivity index (χ2v) is 10.9. The first kappa shape index (κ1) is 12.9. The second kappa shape index (κ2) is 3.70. The maximum atomic E-state index is 11.2. The van der Waals surface area contributed by atoms with E-state index in [1.54, 1.807) is 0 Å². The van der Waals surface area contributed by atoms with Crippen LogP contribution in [0.3, 0.4) is 0 Å². The molecule has 1 fully saturated rings. The molecule has 0 bridgehead atoms. The molecule has 0 aromatic heterocycles. The standard InChI is InChI=1S/C2H7O8P3S/c1-2-11(3,14-2)9-13(7,8)10-12(4,5)6/h2H,1H3,(H,7,8)(H2,4,5,6). The van der Waals surface area contributed by atoms with Crippen LogP contribution in [0.4, 0.5) is 0 Å². The van der Waals surface area contributed by atoms with E-state index in [2.05, 4.69) is 8.62 Å². The highest BCUT2D eigenvalue weighted by Crippen LogP contribution is 2.89.